The fourth-order valence-corrected chi connectivity index (χ4v) is 3.63. The van der Waals surface area contributed by atoms with E-state index in [0.717, 1.165) is 24.9 Å². The molecule has 0 aromatic heterocycles. The van der Waals surface area contributed by atoms with Crippen molar-refractivity contribution in [1.82, 2.24) is 4.90 Å². The molecule has 0 bridgehead atoms. The zero-order chi connectivity index (χ0) is 12.3. The van der Waals surface area contributed by atoms with Crippen LogP contribution in [0.25, 0.3) is 0 Å². The van der Waals surface area contributed by atoms with Crippen LogP contribution in [0.3, 0.4) is 0 Å². The molecule has 2 fully saturated rings. The molecule has 0 amide bonds. The van der Waals surface area contributed by atoms with E-state index in [1.54, 1.807) is 6.92 Å². The fourth-order valence-electron chi connectivity index (χ4n) is 3.63. The highest BCUT2D eigenvalue weighted by molar-refractivity contribution is 5.78. The third kappa shape index (κ3) is 3.31. The van der Waals surface area contributed by atoms with Crippen LogP contribution in [0, 0.1) is 11.8 Å². The minimum atomic E-state index is 0.325. The quantitative estimate of drug-likeness (QED) is 0.751. The van der Waals surface area contributed by atoms with E-state index in [4.69, 9.17) is 0 Å². The van der Waals surface area contributed by atoms with E-state index < -0.39 is 0 Å². The standard InChI is InChI=1S/C15H27NO/c1-3-13-6-4-8-15(10-13)16-9-5-7-14(11-16)12(2)17/h13-15H,3-11H2,1-2H3. The van der Waals surface area contributed by atoms with Crippen LogP contribution in [0.15, 0.2) is 0 Å². The Morgan fingerprint density at radius 3 is 2.76 bits per heavy atom. The molecule has 1 heterocycles. The summed E-state index contributed by atoms with van der Waals surface area (Å²) in [4.78, 5) is 14.1. The number of nitrogens with zero attached hydrogens (tertiary/aromatic N) is 1. The molecule has 2 nitrogen and oxygen atoms in total. The summed E-state index contributed by atoms with van der Waals surface area (Å²) in [5, 5.41) is 0. The number of ketones is 1. The summed E-state index contributed by atoms with van der Waals surface area (Å²) >= 11 is 0. The topological polar surface area (TPSA) is 20.3 Å². The molecule has 1 saturated carbocycles. The average molecular weight is 237 g/mol. The highest BCUT2D eigenvalue weighted by atomic mass is 16.1. The number of hydrogen-bond donors (Lipinski definition) is 0. The summed E-state index contributed by atoms with van der Waals surface area (Å²) in [5.74, 6) is 1.66. The molecule has 1 aliphatic heterocycles. The van der Waals surface area contributed by atoms with Gasteiger partial charge >= 0.3 is 0 Å². The second kappa shape index (κ2) is 5.99. The van der Waals surface area contributed by atoms with Gasteiger partial charge < -0.3 is 0 Å². The number of Topliss-reactive ketones (excluding diaryl/α,β-unsaturated/α-hetero) is 1. The number of hydrogen-bond acceptors (Lipinski definition) is 2. The molecular formula is C15H27NO. The van der Waals surface area contributed by atoms with Gasteiger partial charge in [-0.3, -0.25) is 9.69 Å². The van der Waals surface area contributed by atoms with Gasteiger partial charge in [0.25, 0.3) is 0 Å². The summed E-state index contributed by atoms with van der Waals surface area (Å²) in [5.41, 5.74) is 0. The normalized spacial score (nSPS) is 35.8. The second-order valence-electron chi connectivity index (χ2n) is 6.04. The molecule has 1 aliphatic carbocycles. The van der Waals surface area contributed by atoms with Gasteiger partial charge in [-0.25, -0.2) is 0 Å². The Hall–Kier alpha value is -0.370. The molecule has 2 heteroatoms. The monoisotopic (exact) mass is 237 g/mol. The maximum absolute atomic E-state index is 11.5. The fraction of sp³-hybridized carbons (Fsp3) is 0.933. The first-order chi connectivity index (χ1) is 8.20. The summed E-state index contributed by atoms with van der Waals surface area (Å²) in [7, 11) is 0. The van der Waals surface area contributed by atoms with Gasteiger partial charge in [0.05, 0.1) is 0 Å². The maximum Gasteiger partial charge on any atom is 0.134 e. The van der Waals surface area contributed by atoms with Crippen LogP contribution in [0.5, 0.6) is 0 Å². The molecule has 0 N–H and O–H groups in total. The van der Waals surface area contributed by atoms with Gasteiger partial charge in [-0.15, -0.1) is 0 Å². The van der Waals surface area contributed by atoms with Gasteiger partial charge in [-0.2, -0.15) is 0 Å². The van der Waals surface area contributed by atoms with Crippen LogP contribution in [0.4, 0.5) is 0 Å². The van der Waals surface area contributed by atoms with Crippen molar-refractivity contribution in [2.75, 3.05) is 13.1 Å². The zero-order valence-corrected chi connectivity index (χ0v) is 11.5. The van der Waals surface area contributed by atoms with Gasteiger partial charge in [0, 0.05) is 18.5 Å². The van der Waals surface area contributed by atoms with E-state index >= 15 is 0 Å². The predicted molar refractivity (Wildman–Crippen MR) is 71.0 cm³/mol. The Morgan fingerprint density at radius 1 is 1.24 bits per heavy atom. The van der Waals surface area contributed by atoms with Crippen molar-refractivity contribution in [2.45, 2.75) is 64.8 Å². The molecule has 17 heavy (non-hydrogen) atoms. The Balaban J connectivity index is 1.90. The molecule has 0 aromatic rings. The number of likely N-dealkylation sites (tertiary alicyclic amines) is 1. The van der Waals surface area contributed by atoms with Crippen molar-refractivity contribution in [2.24, 2.45) is 11.8 Å². The van der Waals surface area contributed by atoms with Crippen LogP contribution in [-0.2, 0) is 4.79 Å². The van der Waals surface area contributed by atoms with E-state index in [1.165, 1.54) is 45.1 Å². The molecule has 3 unspecified atom stereocenters. The van der Waals surface area contributed by atoms with Crippen molar-refractivity contribution >= 4 is 5.78 Å². The predicted octanol–water partition coefficient (Wildman–Crippen LogP) is 3.26. The van der Waals surface area contributed by atoms with Crippen LogP contribution >= 0.6 is 0 Å². The lowest BCUT2D eigenvalue weighted by Gasteiger charge is -2.41. The molecule has 2 aliphatic rings. The molecule has 2 rings (SSSR count). The molecule has 0 radical (unpaired) electrons. The highest BCUT2D eigenvalue weighted by Gasteiger charge is 2.30. The van der Waals surface area contributed by atoms with E-state index in [2.05, 4.69) is 11.8 Å². The van der Waals surface area contributed by atoms with Gasteiger partial charge in [0.15, 0.2) is 0 Å². The molecule has 0 spiro atoms. The van der Waals surface area contributed by atoms with Crippen LogP contribution in [0.1, 0.15) is 58.8 Å². The van der Waals surface area contributed by atoms with E-state index in [1.807, 2.05) is 0 Å². The first kappa shape index (κ1) is 13.1. The Kier molecular flexibility index (Phi) is 4.61. The number of carbonyl (C=O) groups excluding carboxylic acids is 1. The summed E-state index contributed by atoms with van der Waals surface area (Å²) in [6, 6.07) is 0.774. The van der Waals surface area contributed by atoms with Gasteiger partial charge in [0.2, 0.25) is 0 Å². The zero-order valence-electron chi connectivity index (χ0n) is 11.5. The molecule has 0 aromatic carbocycles. The Bertz CT molecular complexity index is 264. The Morgan fingerprint density at radius 2 is 2.06 bits per heavy atom. The van der Waals surface area contributed by atoms with Crippen LogP contribution in [0.2, 0.25) is 0 Å². The van der Waals surface area contributed by atoms with Crippen molar-refractivity contribution in [3.05, 3.63) is 0 Å². The molecule has 3 atom stereocenters. The third-order valence-electron chi connectivity index (χ3n) is 4.88. The lowest BCUT2D eigenvalue weighted by Crippen LogP contribution is -2.46. The lowest BCUT2D eigenvalue weighted by atomic mass is 9.82. The summed E-state index contributed by atoms with van der Waals surface area (Å²) in [6.07, 6.45) is 9.23. The largest absolute Gasteiger partial charge is 0.300 e. The highest BCUT2D eigenvalue weighted by Crippen LogP contribution is 2.32. The maximum atomic E-state index is 11.5. The minimum Gasteiger partial charge on any atom is -0.300 e. The van der Waals surface area contributed by atoms with Crippen molar-refractivity contribution in [3.8, 4) is 0 Å². The summed E-state index contributed by atoms with van der Waals surface area (Å²) < 4.78 is 0. The van der Waals surface area contributed by atoms with E-state index in [9.17, 15) is 4.79 Å². The third-order valence-corrected chi connectivity index (χ3v) is 4.88. The van der Waals surface area contributed by atoms with Gasteiger partial charge in [-0.05, 0) is 45.1 Å². The Labute approximate surface area is 106 Å². The average Bonchev–Trinajstić information content (AvgIpc) is 2.39. The molecule has 98 valence electrons. The second-order valence-corrected chi connectivity index (χ2v) is 6.04. The molecular weight excluding hydrogens is 210 g/mol. The molecule has 1 saturated heterocycles. The SMILES string of the molecule is CCC1CCCC(N2CCCC(C(C)=O)C2)C1. The number of rotatable bonds is 3. The smallest absolute Gasteiger partial charge is 0.134 e. The first-order valence-corrected chi connectivity index (χ1v) is 7.45. The van der Waals surface area contributed by atoms with Crippen molar-refractivity contribution in [1.29, 1.82) is 0 Å². The van der Waals surface area contributed by atoms with Crippen LogP contribution in [-0.4, -0.2) is 29.8 Å². The first-order valence-electron chi connectivity index (χ1n) is 7.45. The van der Waals surface area contributed by atoms with Crippen molar-refractivity contribution < 1.29 is 4.79 Å². The number of piperidine rings is 1. The van der Waals surface area contributed by atoms with Crippen LogP contribution < -0.4 is 0 Å². The lowest BCUT2D eigenvalue weighted by molar-refractivity contribution is -0.122. The van der Waals surface area contributed by atoms with Gasteiger partial charge in [-0.1, -0.05) is 26.2 Å². The summed E-state index contributed by atoms with van der Waals surface area (Å²) in [6.45, 7) is 6.35. The van der Waals surface area contributed by atoms with Gasteiger partial charge in [0.1, 0.15) is 5.78 Å². The van der Waals surface area contributed by atoms with E-state index in [0.29, 0.717) is 11.7 Å². The van der Waals surface area contributed by atoms with E-state index in [-0.39, 0.29) is 0 Å². The minimum absolute atomic E-state index is 0.325. The number of carbonyl (C=O) groups is 1. The van der Waals surface area contributed by atoms with Crippen molar-refractivity contribution in [3.63, 3.8) is 0 Å².